The number of rotatable bonds is 3. The number of fused-ring (bicyclic) bond motifs is 1. The zero-order valence-electron chi connectivity index (χ0n) is 13.4. The highest BCUT2D eigenvalue weighted by atomic mass is 16.7. The lowest BCUT2D eigenvalue weighted by molar-refractivity contribution is -0.0943. The number of hydrogen-bond acceptors (Lipinski definition) is 5. The molecule has 1 aliphatic heterocycles. The van der Waals surface area contributed by atoms with Crippen molar-refractivity contribution in [3.63, 3.8) is 0 Å². The Morgan fingerprint density at radius 3 is 2.61 bits per heavy atom. The molecular weight excluding hydrogens is 298 g/mol. The summed E-state index contributed by atoms with van der Waals surface area (Å²) in [6, 6.07) is 3.74. The van der Waals surface area contributed by atoms with Gasteiger partial charge in [-0.25, -0.2) is 4.79 Å². The van der Waals surface area contributed by atoms with Crippen LogP contribution < -0.4 is 16.0 Å². The van der Waals surface area contributed by atoms with E-state index in [2.05, 4.69) is 4.98 Å². The van der Waals surface area contributed by atoms with Crippen LogP contribution in [0.15, 0.2) is 34.1 Å². The molecule has 0 spiro atoms. The van der Waals surface area contributed by atoms with Crippen LogP contribution in [0, 0.1) is 0 Å². The highest BCUT2D eigenvalue weighted by molar-refractivity contribution is 5.38. The minimum Gasteiger partial charge on any atom is -0.449 e. The van der Waals surface area contributed by atoms with Crippen LogP contribution in [-0.4, -0.2) is 27.0 Å². The minimum atomic E-state index is -0.497. The number of pyridine rings is 1. The normalized spacial score (nSPS) is 20.0. The van der Waals surface area contributed by atoms with E-state index in [1.165, 1.54) is 11.6 Å². The zero-order valence-corrected chi connectivity index (χ0v) is 13.4. The maximum atomic E-state index is 12.6. The maximum absolute atomic E-state index is 12.6. The van der Waals surface area contributed by atoms with Gasteiger partial charge in [0, 0.05) is 45.4 Å². The number of nitrogens with zero attached hydrogens (tertiary/aromatic N) is 3. The van der Waals surface area contributed by atoms with Gasteiger partial charge in [-0.1, -0.05) is 0 Å². The quantitative estimate of drug-likeness (QED) is 0.835. The van der Waals surface area contributed by atoms with Gasteiger partial charge < -0.3 is 9.47 Å². The molecule has 0 radical (unpaired) electrons. The molecule has 0 saturated carbocycles. The molecule has 3 heterocycles. The van der Waals surface area contributed by atoms with Gasteiger partial charge >= 0.3 is 5.69 Å². The van der Waals surface area contributed by atoms with Crippen molar-refractivity contribution in [3.05, 3.63) is 56.5 Å². The van der Waals surface area contributed by atoms with Crippen LogP contribution >= 0.6 is 0 Å². The molecule has 7 heteroatoms. The van der Waals surface area contributed by atoms with Crippen molar-refractivity contribution in [2.75, 3.05) is 6.61 Å². The van der Waals surface area contributed by atoms with Gasteiger partial charge in [0.05, 0.1) is 5.56 Å². The first-order chi connectivity index (χ1) is 11.0. The molecule has 7 nitrogen and oxygen atoms in total. The van der Waals surface area contributed by atoms with Gasteiger partial charge in [0.1, 0.15) is 0 Å². The second-order valence-electron chi connectivity index (χ2n) is 5.50. The Kier molecular flexibility index (Phi) is 4.04. The van der Waals surface area contributed by atoms with E-state index in [0.717, 1.165) is 10.1 Å². The summed E-state index contributed by atoms with van der Waals surface area (Å²) in [6.07, 6.45) is 3.39. The highest BCUT2D eigenvalue weighted by Gasteiger charge is 2.35. The first-order valence-corrected chi connectivity index (χ1v) is 7.52. The second kappa shape index (κ2) is 6.00. The van der Waals surface area contributed by atoms with Crippen molar-refractivity contribution in [1.29, 1.82) is 0 Å². The van der Waals surface area contributed by atoms with Gasteiger partial charge in [0.15, 0.2) is 0 Å². The minimum absolute atomic E-state index is 0.205. The number of hydrogen-bond donors (Lipinski definition) is 0. The fourth-order valence-electron chi connectivity index (χ4n) is 2.96. The van der Waals surface area contributed by atoms with E-state index in [0.29, 0.717) is 18.6 Å². The predicted molar refractivity (Wildman–Crippen MR) is 83.7 cm³/mol. The monoisotopic (exact) mass is 317 g/mol. The van der Waals surface area contributed by atoms with Crippen LogP contribution in [0.2, 0.25) is 0 Å². The molecule has 122 valence electrons. The first-order valence-electron chi connectivity index (χ1n) is 7.52. The van der Waals surface area contributed by atoms with Gasteiger partial charge in [-0.05, 0) is 24.6 Å². The molecule has 0 aliphatic carbocycles. The van der Waals surface area contributed by atoms with Crippen LogP contribution in [0.1, 0.15) is 30.4 Å². The molecular formula is C16H19N3O4. The fourth-order valence-corrected chi connectivity index (χ4v) is 2.96. The van der Waals surface area contributed by atoms with Gasteiger partial charge in [-0.2, -0.15) is 0 Å². The Balaban J connectivity index is 2.24. The van der Waals surface area contributed by atoms with Crippen molar-refractivity contribution in [2.45, 2.75) is 25.6 Å². The van der Waals surface area contributed by atoms with E-state index in [-0.39, 0.29) is 17.4 Å². The molecule has 23 heavy (non-hydrogen) atoms. The van der Waals surface area contributed by atoms with E-state index in [4.69, 9.17) is 9.47 Å². The largest absolute Gasteiger partial charge is 0.449 e. The third-order valence-electron chi connectivity index (χ3n) is 4.12. The molecule has 2 atom stereocenters. The molecule has 0 aromatic carbocycles. The van der Waals surface area contributed by atoms with Crippen LogP contribution in [0.25, 0.3) is 0 Å². The van der Waals surface area contributed by atoms with E-state index in [1.54, 1.807) is 19.4 Å². The lowest BCUT2D eigenvalue weighted by atomic mass is 9.88. The van der Waals surface area contributed by atoms with Crippen molar-refractivity contribution in [1.82, 2.24) is 14.1 Å². The molecule has 2 aromatic rings. The maximum Gasteiger partial charge on any atom is 0.333 e. The summed E-state index contributed by atoms with van der Waals surface area (Å²) in [7, 11) is 3.07. The van der Waals surface area contributed by atoms with Crippen LogP contribution in [-0.2, 0) is 18.8 Å². The first kappa shape index (κ1) is 15.5. The zero-order chi connectivity index (χ0) is 16.6. The van der Waals surface area contributed by atoms with Crippen molar-refractivity contribution in [3.8, 4) is 5.88 Å². The number of ether oxygens (including phenoxy) is 2. The molecule has 1 aliphatic rings. The Labute approximate surface area is 133 Å². The fraction of sp³-hybridized carbons (Fsp3) is 0.438. The summed E-state index contributed by atoms with van der Waals surface area (Å²) in [5.41, 5.74) is 0.681. The van der Waals surface area contributed by atoms with E-state index >= 15 is 0 Å². The Morgan fingerprint density at radius 1 is 1.26 bits per heavy atom. The molecule has 0 bridgehead atoms. The molecule has 0 N–H and O–H groups in total. The highest BCUT2D eigenvalue weighted by Crippen LogP contribution is 2.37. The SMILES string of the molecule is CCOC1CC(c2ccncc2)c2c(n(C)c(=O)n(C)c2=O)O1. The van der Waals surface area contributed by atoms with Gasteiger partial charge in [0.25, 0.3) is 5.56 Å². The van der Waals surface area contributed by atoms with Crippen molar-refractivity contribution < 1.29 is 9.47 Å². The van der Waals surface area contributed by atoms with Crippen LogP contribution in [0.4, 0.5) is 0 Å². The Bertz CT molecular complexity index is 826. The topological polar surface area (TPSA) is 75.4 Å². The second-order valence-corrected chi connectivity index (χ2v) is 5.50. The molecule has 0 saturated heterocycles. The summed E-state index contributed by atoms with van der Waals surface area (Å²) >= 11 is 0. The average molecular weight is 317 g/mol. The summed E-state index contributed by atoms with van der Waals surface area (Å²) in [6.45, 7) is 2.37. The van der Waals surface area contributed by atoms with Crippen molar-refractivity contribution >= 4 is 0 Å². The average Bonchev–Trinajstić information content (AvgIpc) is 2.58. The third-order valence-corrected chi connectivity index (χ3v) is 4.12. The smallest absolute Gasteiger partial charge is 0.333 e. The van der Waals surface area contributed by atoms with Gasteiger partial charge in [-0.15, -0.1) is 0 Å². The van der Waals surface area contributed by atoms with E-state index in [9.17, 15) is 9.59 Å². The predicted octanol–water partition coefficient (Wildman–Crippen LogP) is 0.756. The summed E-state index contributed by atoms with van der Waals surface area (Å²) in [4.78, 5) is 28.8. The molecule has 2 unspecified atom stereocenters. The standard InChI is InChI=1S/C16H19N3O4/c1-4-22-12-9-11(10-5-7-17-8-6-10)13-14(20)18(2)16(21)19(3)15(13)23-12/h5-8,11-12H,4,9H2,1-3H3. The third kappa shape index (κ3) is 2.57. The van der Waals surface area contributed by atoms with E-state index < -0.39 is 12.0 Å². The Morgan fingerprint density at radius 2 is 1.96 bits per heavy atom. The molecule has 0 fully saturated rings. The number of aromatic nitrogens is 3. The lowest BCUT2D eigenvalue weighted by Gasteiger charge is -2.32. The molecule has 2 aromatic heterocycles. The Hall–Kier alpha value is -2.41. The van der Waals surface area contributed by atoms with E-state index in [1.807, 2.05) is 19.1 Å². The lowest BCUT2D eigenvalue weighted by Crippen LogP contribution is -2.44. The molecule has 0 amide bonds. The summed E-state index contributed by atoms with van der Waals surface area (Å²) < 4.78 is 13.8. The van der Waals surface area contributed by atoms with Crippen LogP contribution in [0.5, 0.6) is 5.88 Å². The summed E-state index contributed by atoms with van der Waals surface area (Å²) in [5.74, 6) is 0.0772. The molecule has 3 rings (SSSR count). The van der Waals surface area contributed by atoms with Crippen LogP contribution in [0.3, 0.4) is 0 Å². The van der Waals surface area contributed by atoms with Gasteiger partial charge in [-0.3, -0.25) is 18.9 Å². The van der Waals surface area contributed by atoms with Crippen molar-refractivity contribution in [2.24, 2.45) is 14.1 Å². The summed E-state index contributed by atoms with van der Waals surface area (Å²) in [5, 5.41) is 0. The van der Waals surface area contributed by atoms with Gasteiger partial charge in [0.2, 0.25) is 12.2 Å².